The summed E-state index contributed by atoms with van der Waals surface area (Å²) < 4.78 is 18.8. The summed E-state index contributed by atoms with van der Waals surface area (Å²) in [5, 5.41) is 0. The van der Waals surface area contributed by atoms with Crippen molar-refractivity contribution in [2.45, 2.75) is 39.3 Å². The zero-order valence-corrected chi connectivity index (χ0v) is 16.6. The number of rotatable bonds is 6. The number of ether oxygens (including phenoxy) is 3. The maximum Gasteiger partial charge on any atom is 0.203 e. The second-order valence-electron chi connectivity index (χ2n) is 7.03. The van der Waals surface area contributed by atoms with Crippen LogP contribution in [0.5, 0.6) is 17.2 Å². The second-order valence-corrected chi connectivity index (χ2v) is 7.03. The predicted octanol–water partition coefficient (Wildman–Crippen LogP) is 3.13. The molecule has 142 valence electrons. The van der Waals surface area contributed by atoms with E-state index in [2.05, 4.69) is 30.4 Å². The molecule has 2 heterocycles. The first-order valence-corrected chi connectivity index (χ1v) is 9.04. The van der Waals surface area contributed by atoms with Crippen molar-refractivity contribution in [2.24, 2.45) is 7.05 Å². The van der Waals surface area contributed by atoms with Crippen molar-refractivity contribution in [3.8, 4) is 17.2 Å². The molecule has 0 bridgehead atoms. The van der Waals surface area contributed by atoms with Crippen molar-refractivity contribution in [2.75, 3.05) is 27.9 Å². The summed E-state index contributed by atoms with van der Waals surface area (Å²) in [7, 11) is 7.08. The number of hydrogen-bond donors (Lipinski definition) is 0. The van der Waals surface area contributed by atoms with E-state index in [-0.39, 0.29) is 0 Å². The highest BCUT2D eigenvalue weighted by molar-refractivity contribution is 5.55. The van der Waals surface area contributed by atoms with Crippen LogP contribution in [0, 0.1) is 0 Å². The molecule has 1 aliphatic rings. The van der Waals surface area contributed by atoms with E-state index < -0.39 is 0 Å². The topological polar surface area (TPSA) is 48.8 Å². The molecule has 0 saturated carbocycles. The Morgan fingerprint density at radius 1 is 1.08 bits per heavy atom. The lowest BCUT2D eigenvalue weighted by molar-refractivity contribution is 0.234. The number of hydrogen-bond acceptors (Lipinski definition) is 5. The second kappa shape index (κ2) is 7.58. The third-order valence-electron chi connectivity index (χ3n) is 5.07. The molecule has 0 aliphatic carbocycles. The van der Waals surface area contributed by atoms with Gasteiger partial charge in [-0.25, -0.2) is 4.98 Å². The minimum atomic E-state index is 0.435. The van der Waals surface area contributed by atoms with E-state index in [4.69, 9.17) is 19.2 Å². The normalized spacial score (nSPS) is 14.4. The van der Waals surface area contributed by atoms with Crippen LogP contribution in [0.1, 0.15) is 42.5 Å². The Morgan fingerprint density at radius 2 is 1.81 bits per heavy atom. The average Bonchev–Trinajstić information content (AvgIpc) is 2.97. The lowest BCUT2D eigenvalue weighted by Gasteiger charge is -2.27. The quantitative estimate of drug-likeness (QED) is 0.793. The Hall–Kier alpha value is -2.21. The number of methoxy groups -OCH3 is 3. The van der Waals surface area contributed by atoms with Crippen LogP contribution >= 0.6 is 0 Å². The molecular weight excluding hydrogens is 330 g/mol. The molecule has 26 heavy (non-hydrogen) atoms. The molecule has 0 saturated heterocycles. The molecule has 0 spiro atoms. The van der Waals surface area contributed by atoms with E-state index in [0.29, 0.717) is 17.4 Å². The molecule has 6 heteroatoms. The third kappa shape index (κ3) is 3.26. The van der Waals surface area contributed by atoms with Gasteiger partial charge in [-0.3, -0.25) is 4.90 Å². The van der Waals surface area contributed by atoms with E-state index in [9.17, 15) is 0 Å². The van der Waals surface area contributed by atoms with Crippen LogP contribution in [-0.4, -0.2) is 42.3 Å². The smallest absolute Gasteiger partial charge is 0.203 e. The summed E-state index contributed by atoms with van der Waals surface area (Å²) in [5.74, 6) is 3.66. The van der Waals surface area contributed by atoms with Crippen LogP contribution < -0.4 is 14.2 Å². The van der Waals surface area contributed by atoms with Gasteiger partial charge in [-0.1, -0.05) is 19.9 Å². The largest absolute Gasteiger partial charge is 0.493 e. The molecule has 0 N–H and O–H groups in total. The van der Waals surface area contributed by atoms with Crippen molar-refractivity contribution < 1.29 is 14.2 Å². The van der Waals surface area contributed by atoms with Gasteiger partial charge < -0.3 is 18.8 Å². The Labute approximate surface area is 155 Å². The Balaban J connectivity index is 1.84. The van der Waals surface area contributed by atoms with Gasteiger partial charge >= 0.3 is 0 Å². The highest BCUT2D eigenvalue weighted by Crippen LogP contribution is 2.40. The van der Waals surface area contributed by atoms with Crippen LogP contribution in [0.2, 0.25) is 0 Å². The molecule has 0 unspecified atom stereocenters. The van der Waals surface area contributed by atoms with E-state index in [1.807, 2.05) is 12.1 Å². The van der Waals surface area contributed by atoms with Gasteiger partial charge in [0.25, 0.3) is 0 Å². The first kappa shape index (κ1) is 18.6. The molecule has 1 aromatic carbocycles. The maximum atomic E-state index is 5.62. The van der Waals surface area contributed by atoms with Gasteiger partial charge in [0.2, 0.25) is 5.75 Å². The Kier molecular flexibility index (Phi) is 5.41. The summed E-state index contributed by atoms with van der Waals surface area (Å²) >= 11 is 0. The fourth-order valence-electron chi connectivity index (χ4n) is 3.78. The van der Waals surface area contributed by atoms with E-state index in [1.165, 1.54) is 17.2 Å². The summed E-state index contributed by atoms with van der Waals surface area (Å²) in [5.41, 5.74) is 3.65. The van der Waals surface area contributed by atoms with Crippen LogP contribution in [0.15, 0.2) is 12.1 Å². The molecule has 0 atom stereocenters. The van der Waals surface area contributed by atoms with E-state index >= 15 is 0 Å². The van der Waals surface area contributed by atoms with Gasteiger partial charge in [0, 0.05) is 50.3 Å². The first-order valence-electron chi connectivity index (χ1n) is 9.04. The molecule has 2 aromatic rings. The number of aromatic nitrogens is 2. The Bertz CT molecular complexity index is 783. The molecular formula is C20H29N3O3. The van der Waals surface area contributed by atoms with Crippen LogP contribution in [-0.2, 0) is 26.6 Å². The summed E-state index contributed by atoms with van der Waals surface area (Å²) in [4.78, 5) is 7.30. The number of benzene rings is 1. The van der Waals surface area contributed by atoms with Gasteiger partial charge in [-0.2, -0.15) is 0 Å². The average molecular weight is 359 g/mol. The minimum Gasteiger partial charge on any atom is -0.493 e. The van der Waals surface area contributed by atoms with Crippen LogP contribution in [0.3, 0.4) is 0 Å². The molecule has 0 amide bonds. The number of nitrogens with zero attached hydrogens (tertiary/aromatic N) is 3. The fourth-order valence-corrected chi connectivity index (χ4v) is 3.78. The standard InChI is InChI=1S/C20H29N3O3/c1-13(2)20-21-15-12-23(10-9-16(15)22(20)3)11-14-7-8-17(24-4)19(26-6)18(14)25-5/h7-8,13H,9-12H2,1-6H3. The lowest BCUT2D eigenvalue weighted by atomic mass is 10.1. The molecule has 1 aliphatic heterocycles. The molecule has 0 radical (unpaired) electrons. The van der Waals surface area contributed by atoms with Crippen molar-refractivity contribution in [1.29, 1.82) is 0 Å². The molecule has 6 nitrogen and oxygen atoms in total. The van der Waals surface area contributed by atoms with E-state index in [1.54, 1.807) is 21.3 Å². The number of imidazole rings is 1. The maximum absolute atomic E-state index is 5.62. The van der Waals surface area contributed by atoms with Crippen LogP contribution in [0.4, 0.5) is 0 Å². The first-order chi connectivity index (χ1) is 12.5. The van der Waals surface area contributed by atoms with Gasteiger partial charge in [0.05, 0.1) is 27.0 Å². The van der Waals surface area contributed by atoms with Crippen molar-refractivity contribution >= 4 is 0 Å². The van der Waals surface area contributed by atoms with Crippen molar-refractivity contribution in [1.82, 2.24) is 14.5 Å². The van der Waals surface area contributed by atoms with Crippen LogP contribution in [0.25, 0.3) is 0 Å². The molecule has 1 aromatic heterocycles. The Morgan fingerprint density at radius 3 is 2.42 bits per heavy atom. The summed E-state index contributed by atoms with van der Waals surface area (Å²) in [6.07, 6.45) is 1.02. The third-order valence-corrected chi connectivity index (χ3v) is 5.07. The predicted molar refractivity (Wildman–Crippen MR) is 101 cm³/mol. The fraction of sp³-hybridized carbons (Fsp3) is 0.550. The lowest BCUT2D eigenvalue weighted by Crippen LogP contribution is -2.31. The SMILES string of the molecule is COc1ccc(CN2CCc3c(nc(C(C)C)n3C)C2)c(OC)c1OC. The molecule has 0 fully saturated rings. The highest BCUT2D eigenvalue weighted by atomic mass is 16.5. The van der Waals surface area contributed by atoms with Gasteiger partial charge in [-0.15, -0.1) is 0 Å². The van der Waals surface area contributed by atoms with Crippen molar-refractivity contribution in [3.63, 3.8) is 0 Å². The monoisotopic (exact) mass is 359 g/mol. The molecule has 3 rings (SSSR count). The van der Waals surface area contributed by atoms with E-state index in [0.717, 1.165) is 37.4 Å². The summed E-state index contributed by atoms with van der Waals surface area (Å²) in [6, 6.07) is 3.98. The van der Waals surface area contributed by atoms with Gasteiger partial charge in [-0.05, 0) is 6.07 Å². The highest BCUT2D eigenvalue weighted by Gasteiger charge is 2.25. The summed E-state index contributed by atoms with van der Waals surface area (Å²) in [6.45, 7) is 7.03. The zero-order valence-electron chi connectivity index (χ0n) is 16.6. The minimum absolute atomic E-state index is 0.435. The van der Waals surface area contributed by atoms with Gasteiger partial charge in [0.1, 0.15) is 5.82 Å². The zero-order chi connectivity index (χ0) is 18.8. The van der Waals surface area contributed by atoms with Gasteiger partial charge in [0.15, 0.2) is 11.5 Å². The number of fused-ring (bicyclic) bond motifs is 1. The van der Waals surface area contributed by atoms with Crippen molar-refractivity contribution in [3.05, 3.63) is 34.9 Å².